The zero-order valence-electron chi connectivity index (χ0n) is 15.5. The molecule has 0 spiro atoms. The molecule has 0 saturated heterocycles. The first kappa shape index (κ1) is 20.0. The Bertz CT molecular complexity index is 734. The lowest BCUT2D eigenvalue weighted by molar-refractivity contribution is -0.139. The summed E-state index contributed by atoms with van der Waals surface area (Å²) in [4.78, 5) is 9.89. The number of benzene rings is 1. The molecule has 2 rings (SSSR count). The van der Waals surface area contributed by atoms with E-state index in [0.29, 0.717) is 13.0 Å². The quantitative estimate of drug-likeness (QED) is 0.657. The molecule has 0 aliphatic rings. The second kappa shape index (κ2) is 8.38. The summed E-state index contributed by atoms with van der Waals surface area (Å²) >= 11 is 0. The monoisotopic (exact) mass is 367 g/mol. The molecular formula is C19H24F3N3O. The van der Waals surface area contributed by atoms with E-state index in [2.05, 4.69) is 9.97 Å². The Morgan fingerprint density at radius 1 is 1.15 bits per heavy atom. The number of aryl methyl sites for hydroxylation is 1. The van der Waals surface area contributed by atoms with Crippen molar-refractivity contribution in [1.29, 1.82) is 0 Å². The van der Waals surface area contributed by atoms with Crippen LogP contribution in [-0.2, 0) is 12.6 Å². The van der Waals surface area contributed by atoms with E-state index in [-0.39, 0.29) is 12.1 Å². The van der Waals surface area contributed by atoms with Gasteiger partial charge in [0.25, 0.3) is 0 Å². The molecule has 2 aromatic rings. The van der Waals surface area contributed by atoms with E-state index in [1.54, 1.807) is 11.8 Å². The third-order valence-corrected chi connectivity index (χ3v) is 4.16. The summed E-state index contributed by atoms with van der Waals surface area (Å²) in [6.07, 6.45) is -2.77. The maximum absolute atomic E-state index is 13.3. The molecule has 142 valence electrons. The van der Waals surface area contributed by atoms with Gasteiger partial charge in [-0.05, 0) is 38.3 Å². The fourth-order valence-corrected chi connectivity index (χ4v) is 2.54. The number of nitrogens with zero attached hydrogens (tertiary/aromatic N) is 3. The Balaban J connectivity index is 2.52. The molecule has 0 bridgehead atoms. The van der Waals surface area contributed by atoms with Gasteiger partial charge in [0.2, 0.25) is 11.8 Å². The number of hydrogen-bond acceptors (Lipinski definition) is 4. The standard InChI is InChI=1S/C19H24F3N3O/c1-5-13(4)26-17-15(19(20,21)22)12-23-18(24-17)25(7-3)16-11-9-8-10-14(16)6-2/h8-13H,5-7H2,1-4H3. The highest BCUT2D eigenvalue weighted by Crippen LogP contribution is 2.37. The number of halogens is 3. The van der Waals surface area contributed by atoms with Crippen molar-refractivity contribution >= 4 is 11.6 Å². The van der Waals surface area contributed by atoms with Crippen LogP contribution in [0.4, 0.5) is 24.8 Å². The van der Waals surface area contributed by atoms with Gasteiger partial charge in [-0.15, -0.1) is 0 Å². The van der Waals surface area contributed by atoms with Gasteiger partial charge in [0, 0.05) is 18.4 Å². The summed E-state index contributed by atoms with van der Waals surface area (Å²) < 4.78 is 45.3. The largest absolute Gasteiger partial charge is 0.474 e. The summed E-state index contributed by atoms with van der Waals surface area (Å²) in [5.41, 5.74) is 0.996. The average Bonchev–Trinajstić information content (AvgIpc) is 2.62. The second-order valence-electron chi connectivity index (χ2n) is 5.95. The number of para-hydroxylation sites is 1. The Hall–Kier alpha value is -2.31. The Morgan fingerprint density at radius 2 is 1.85 bits per heavy atom. The Kier molecular flexibility index (Phi) is 6.45. The van der Waals surface area contributed by atoms with Crippen LogP contribution in [0.15, 0.2) is 30.5 Å². The zero-order chi connectivity index (χ0) is 19.3. The highest BCUT2D eigenvalue weighted by molar-refractivity contribution is 5.62. The highest BCUT2D eigenvalue weighted by atomic mass is 19.4. The fourth-order valence-electron chi connectivity index (χ4n) is 2.54. The van der Waals surface area contributed by atoms with E-state index in [4.69, 9.17) is 4.74 Å². The second-order valence-corrected chi connectivity index (χ2v) is 5.95. The number of hydrogen-bond donors (Lipinski definition) is 0. The van der Waals surface area contributed by atoms with Crippen molar-refractivity contribution in [2.45, 2.75) is 52.8 Å². The molecule has 0 N–H and O–H groups in total. The summed E-state index contributed by atoms with van der Waals surface area (Å²) in [5.74, 6) is -0.232. The number of ether oxygens (including phenoxy) is 1. The van der Waals surface area contributed by atoms with Crippen LogP contribution >= 0.6 is 0 Å². The number of alkyl halides is 3. The molecule has 4 nitrogen and oxygen atoms in total. The van der Waals surface area contributed by atoms with Crippen molar-refractivity contribution in [3.05, 3.63) is 41.6 Å². The predicted octanol–water partition coefficient (Wildman–Crippen LogP) is 5.39. The van der Waals surface area contributed by atoms with Gasteiger partial charge in [-0.1, -0.05) is 32.0 Å². The van der Waals surface area contributed by atoms with Crippen molar-refractivity contribution in [3.8, 4) is 5.88 Å². The molecule has 0 fully saturated rings. The molecule has 1 atom stereocenters. The van der Waals surface area contributed by atoms with Crippen LogP contribution in [0.25, 0.3) is 0 Å². The van der Waals surface area contributed by atoms with E-state index in [1.165, 1.54) is 0 Å². The van der Waals surface area contributed by atoms with Crippen molar-refractivity contribution in [2.24, 2.45) is 0 Å². The zero-order valence-corrected chi connectivity index (χ0v) is 15.5. The number of anilines is 2. The molecule has 1 unspecified atom stereocenters. The minimum absolute atomic E-state index is 0.194. The minimum atomic E-state index is -4.57. The summed E-state index contributed by atoms with van der Waals surface area (Å²) in [7, 11) is 0. The van der Waals surface area contributed by atoms with E-state index >= 15 is 0 Å². The van der Waals surface area contributed by atoms with Gasteiger partial charge in [0.1, 0.15) is 5.56 Å². The predicted molar refractivity (Wildman–Crippen MR) is 95.9 cm³/mol. The molecule has 26 heavy (non-hydrogen) atoms. The average molecular weight is 367 g/mol. The lowest BCUT2D eigenvalue weighted by atomic mass is 10.1. The van der Waals surface area contributed by atoms with Crippen LogP contribution in [0, 0.1) is 0 Å². The van der Waals surface area contributed by atoms with E-state index in [9.17, 15) is 13.2 Å². The van der Waals surface area contributed by atoms with Crippen molar-refractivity contribution in [3.63, 3.8) is 0 Å². The van der Waals surface area contributed by atoms with Gasteiger partial charge in [0.05, 0.1) is 6.10 Å². The van der Waals surface area contributed by atoms with Crippen LogP contribution < -0.4 is 9.64 Å². The lowest BCUT2D eigenvalue weighted by Crippen LogP contribution is -2.23. The first-order valence-electron chi connectivity index (χ1n) is 8.78. The van der Waals surface area contributed by atoms with Crippen LogP contribution in [0.2, 0.25) is 0 Å². The summed E-state index contributed by atoms with van der Waals surface area (Å²) in [6.45, 7) is 8.01. The van der Waals surface area contributed by atoms with Gasteiger partial charge in [-0.2, -0.15) is 18.2 Å². The van der Waals surface area contributed by atoms with Gasteiger partial charge in [0.15, 0.2) is 0 Å². The summed E-state index contributed by atoms with van der Waals surface area (Å²) in [6, 6.07) is 7.72. The molecule has 0 amide bonds. The lowest BCUT2D eigenvalue weighted by Gasteiger charge is -2.25. The Morgan fingerprint density at radius 3 is 2.42 bits per heavy atom. The van der Waals surface area contributed by atoms with Crippen molar-refractivity contribution < 1.29 is 17.9 Å². The molecule has 1 aromatic carbocycles. The van der Waals surface area contributed by atoms with Crippen molar-refractivity contribution in [1.82, 2.24) is 9.97 Å². The molecule has 1 aromatic heterocycles. The fraction of sp³-hybridized carbons (Fsp3) is 0.474. The first-order valence-corrected chi connectivity index (χ1v) is 8.78. The van der Waals surface area contributed by atoms with Gasteiger partial charge in [-0.25, -0.2) is 4.98 Å². The molecule has 7 heteroatoms. The van der Waals surface area contributed by atoms with E-state index in [0.717, 1.165) is 23.9 Å². The number of aromatic nitrogens is 2. The highest BCUT2D eigenvalue weighted by Gasteiger charge is 2.37. The molecule has 0 saturated carbocycles. The Labute approximate surface area is 152 Å². The van der Waals surface area contributed by atoms with Crippen LogP contribution in [0.3, 0.4) is 0 Å². The van der Waals surface area contributed by atoms with Crippen LogP contribution in [0.1, 0.15) is 45.2 Å². The topological polar surface area (TPSA) is 38.2 Å². The molecule has 1 heterocycles. The van der Waals surface area contributed by atoms with Crippen LogP contribution in [0.5, 0.6) is 5.88 Å². The van der Waals surface area contributed by atoms with Crippen molar-refractivity contribution in [2.75, 3.05) is 11.4 Å². The molecule has 0 aliphatic heterocycles. The molecular weight excluding hydrogens is 343 g/mol. The van der Waals surface area contributed by atoms with Gasteiger partial charge in [-0.3, -0.25) is 0 Å². The summed E-state index contributed by atoms with van der Waals surface area (Å²) in [5, 5.41) is 0. The maximum atomic E-state index is 13.3. The third-order valence-electron chi connectivity index (χ3n) is 4.16. The SMILES string of the molecule is CCc1ccccc1N(CC)c1ncc(C(F)(F)F)c(OC(C)CC)n1. The normalized spacial score (nSPS) is 12.7. The number of rotatable bonds is 7. The first-order chi connectivity index (χ1) is 12.3. The maximum Gasteiger partial charge on any atom is 0.423 e. The third kappa shape index (κ3) is 4.45. The molecule has 0 aliphatic carbocycles. The van der Waals surface area contributed by atoms with Gasteiger partial charge >= 0.3 is 6.18 Å². The van der Waals surface area contributed by atoms with E-state index < -0.39 is 17.6 Å². The molecule has 0 radical (unpaired) electrons. The smallest absolute Gasteiger partial charge is 0.423 e. The van der Waals surface area contributed by atoms with Crippen LogP contribution in [-0.4, -0.2) is 22.6 Å². The van der Waals surface area contributed by atoms with E-state index in [1.807, 2.05) is 45.0 Å². The van der Waals surface area contributed by atoms with Gasteiger partial charge < -0.3 is 9.64 Å². The minimum Gasteiger partial charge on any atom is -0.474 e.